The molecule has 1 saturated heterocycles. The van der Waals surface area contributed by atoms with E-state index in [0.717, 1.165) is 33.8 Å². The van der Waals surface area contributed by atoms with Crippen molar-refractivity contribution in [2.24, 2.45) is 0 Å². The van der Waals surface area contributed by atoms with E-state index >= 15 is 0 Å². The van der Waals surface area contributed by atoms with Crippen LogP contribution in [0, 0.1) is 0 Å². The van der Waals surface area contributed by atoms with Gasteiger partial charge in [0.15, 0.2) is 0 Å². The first kappa shape index (κ1) is 20.8. The van der Waals surface area contributed by atoms with E-state index in [1.165, 1.54) is 11.8 Å². The van der Waals surface area contributed by atoms with Gasteiger partial charge < -0.3 is 9.88 Å². The Morgan fingerprint density at radius 1 is 0.875 bits per heavy atom. The molecule has 1 aromatic heterocycles. The number of thioether (sulfide) groups is 1. The maximum Gasteiger partial charge on any atom is 0.263 e. The van der Waals surface area contributed by atoms with Crippen LogP contribution >= 0.6 is 35.6 Å². The highest BCUT2D eigenvalue weighted by Crippen LogP contribution is 2.38. The first-order valence-corrected chi connectivity index (χ1v) is 11.6. The number of halogens is 1. The van der Waals surface area contributed by atoms with E-state index in [0.29, 0.717) is 14.2 Å². The molecule has 32 heavy (non-hydrogen) atoms. The molecule has 1 amide bonds. The van der Waals surface area contributed by atoms with Gasteiger partial charge in [-0.1, -0.05) is 96.2 Å². The zero-order valence-electron chi connectivity index (χ0n) is 16.8. The Hall–Kier alpha value is -3.12. The topological polar surface area (TPSA) is 34.0 Å². The molecule has 4 aromatic rings. The van der Waals surface area contributed by atoms with Crippen LogP contribution in [0.4, 0.5) is 0 Å². The molecule has 0 saturated carbocycles. The van der Waals surface area contributed by atoms with E-state index < -0.39 is 0 Å². The molecule has 1 aliphatic rings. The number of benzene rings is 3. The Kier molecular flexibility index (Phi) is 5.70. The number of aromatic nitrogens is 1. The van der Waals surface area contributed by atoms with Crippen LogP contribution in [-0.4, -0.2) is 14.8 Å². The third-order valence-electron chi connectivity index (χ3n) is 5.16. The van der Waals surface area contributed by atoms with Gasteiger partial charge in [0.05, 0.1) is 16.3 Å². The standard InChI is InChI=1S/C26H17ClN2OS2/c27-20-11-13-21(14-12-20)29-22(17-7-3-1-4-8-17)15-19(16-23-25(30)28-26(31)32-23)24(29)18-9-5-2-6-10-18/h1-16H,(H,28,30,31)/b23-16+. The second-order valence-electron chi connectivity index (χ2n) is 7.23. The van der Waals surface area contributed by atoms with Gasteiger partial charge in [0, 0.05) is 16.3 Å². The maximum absolute atomic E-state index is 12.4. The van der Waals surface area contributed by atoms with Gasteiger partial charge in [-0.25, -0.2) is 0 Å². The molecular weight excluding hydrogens is 456 g/mol. The fourth-order valence-electron chi connectivity index (χ4n) is 3.77. The molecule has 1 fully saturated rings. The number of nitrogens with one attached hydrogen (secondary N) is 1. The summed E-state index contributed by atoms with van der Waals surface area (Å²) >= 11 is 12.7. The lowest BCUT2D eigenvalue weighted by Crippen LogP contribution is -2.17. The molecule has 0 spiro atoms. The van der Waals surface area contributed by atoms with E-state index in [1.54, 1.807) is 0 Å². The molecule has 0 aliphatic carbocycles. The van der Waals surface area contributed by atoms with Crippen molar-refractivity contribution in [1.82, 2.24) is 9.88 Å². The highest BCUT2D eigenvalue weighted by molar-refractivity contribution is 8.26. The summed E-state index contributed by atoms with van der Waals surface area (Å²) in [4.78, 5) is 13.0. The molecular formula is C26H17ClN2OS2. The van der Waals surface area contributed by atoms with Gasteiger partial charge in [0.1, 0.15) is 4.32 Å². The van der Waals surface area contributed by atoms with E-state index in [4.69, 9.17) is 23.8 Å². The first-order chi connectivity index (χ1) is 15.6. The van der Waals surface area contributed by atoms with Crippen LogP contribution in [0.2, 0.25) is 5.02 Å². The number of hydrogen-bond donors (Lipinski definition) is 1. The molecule has 0 atom stereocenters. The zero-order chi connectivity index (χ0) is 22.1. The highest BCUT2D eigenvalue weighted by atomic mass is 35.5. The average Bonchev–Trinajstić information content (AvgIpc) is 3.34. The van der Waals surface area contributed by atoms with Gasteiger partial charge in [-0.2, -0.15) is 0 Å². The molecule has 1 aliphatic heterocycles. The minimum Gasteiger partial charge on any atom is -0.309 e. The largest absolute Gasteiger partial charge is 0.309 e. The number of nitrogens with zero attached hydrogens (tertiary/aromatic N) is 1. The predicted molar refractivity (Wildman–Crippen MR) is 138 cm³/mol. The Morgan fingerprint density at radius 3 is 2.09 bits per heavy atom. The molecule has 5 rings (SSSR count). The van der Waals surface area contributed by atoms with Crippen molar-refractivity contribution in [3.8, 4) is 28.2 Å². The number of rotatable bonds is 4. The van der Waals surface area contributed by atoms with Crippen LogP contribution in [0.1, 0.15) is 5.56 Å². The fourth-order valence-corrected chi connectivity index (χ4v) is 4.93. The molecule has 6 heteroatoms. The van der Waals surface area contributed by atoms with Crippen molar-refractivity contribution in [3.63, 3.8) is 0 Å². The average molecular weight is 473 g/mol. The summed E-state index contributed by atoms with van der Waals surface area (Å²) in [6.07, 6.45) is 1.92. The number of hydrogen-bond acceptors (Lipinski definition) is 3. The van der Waals surface area contributed by atoms with Crippen molar-refractivity contribution < 1.29 is 4.79 Å². The van der Waals surface area contributed by atoms with Crippen molar-refractivity contribution in [2.75, 3.05) is 0 Å². The highest BCUT2D eigenvalue weighted by Gasteiger charge is 2.25. The van der Waals surface area contributed by atoms with Gasteiger partial charge in [0.2, 0.25) is 0 Å². The number of carbonyl (C=O) groups is 1. The summed E-state index contributed by atoms with van der Waals surface area (Å²) in [5, 5.41) is 3.38. The van der Waals surface area contributed by atoms with Crippen LogP contribution in [0.25, 0.3) is 34.3 Å². The lowest BCUT2D eigenvalue weighted by atomic mass is 10.1. The Balaban J connectivity index is 1.83. The summed E-state index contributed by atoms with van der Waals surface area (Å²) < 4.78 is 2.69. The van der Waals surface area contributed by atoms with E-state index in [1.807, 2.05) is 66.7 Å². The number of amides is 1. The van der Waals surface area contributed by atoms with Crippen LogP contribution in [0.5, 0.6) is 0 Å². The number of carbonyl (C=O) groups excluding carboxylic acids is 1. The Bertz CT molecular complexity index is 1340. The summed E-state index contributed by atoms with van der Waals surface area (Å²) in [6, 6.07) is 30.3. The third-order valence-corrected chi connectivity index (χ3v) is 6.58. The molecule has 3 nitrogen and oxygen atoms in total. The lowest BCUT2D eigenvalue weighted by molar-refractivity contribution is -0.115. The van der Waals surface area contributed by atoms with Gasteiger partial charge in [-0.3, -0.25) is 4.79 Å². The quantitative estimate of drug-likeness (QED) is 0.257. The maximum atomic E-state index is 12.4. The van der Waals surface area contributed by atoms with E-state index in [2.05, 4.69) is 40.2 Å². The van der Waals surface area contributed by atoms with Gasteiger partial charge >= 0.3 is 0 Å². The molecule has 3 aromatic carbocycles. The summed E-state index contributed by atoms with van der Waals surface area (Å²) in [6.45, 7) is 0. The van der Waals surface area contributed by atoms with Gasteiger partial charge in [-0.15, -0.1) is 0 Å². The summed E-state index contributed by atoms with van der Waals surface area (Å²) in [5.74, 6) is -0.167. The normalized spacial score (nSPS) is 14.7. The SMILES string of the molecule is O=C1NC(=S)S/C1=C/c1cc(-c2ccccc2)n(-c2ccc(Cl)cc2)c1-c1ccccc1. The van der Waals surface area contributed by atoms with Crippen molar-refractivity contribution >= 4 is 51.9 Å². The minimum atomic E-state index is -0.167. The Labute approximate surface area is 200 Å². The molecule has 0 bridgehead atoms. The van der Waals surface area contributed by atoms with Gasteiger partial charge in [-0.05, 0) is 47.5 Å². The fraction of sp³-hybridized carbons (Fsp3) is 0. The number of thiocarbonyl (C=S) groups is 1. The third kappa shape index (κ3) is 4.02. The smallest absolute Gasteiger partial charge is 0.263 e. The second kappa shape index (κ2) is 8.79. The van der Waals surface area contributed by atoms with Gasteiger partial charge in [0.25, 0.3) is 5.91 Å². The van der Waals surface area contributed by atoms with Crippen LogP contribution in [0.15, 0.2) is 95.9 Å². The van der Waals surface area contributed by atoms with Crippen molar-refractivity contribution in [2.45, 2.75) is 0 Å². The Morgan fingerprint density at radius 2 is 1.50 bits per heavy atom. The van der Waals surface area contributed by atoms with E-state index in [9.17, 15) is 4.79 Å². The van der Waals surface area contributed by atoms with Crippen LogP contribution in [0.3, 0.4) is 0 Å². The van der Waals surface area contributed by atoms with Crippen molar-refractivity contribution in [3.05, 3.63) is 106 Å². The van der Waals surface area contributed by atoms with Crippen LogP contribution in [-0.2, 0) is 4.79 Å². The molecule has 156 valence electrons. The molecule has 1 N–H and O–H groups in total. The predicted octanol–water partition coefficient (Wildman–Crippen LogP) is 6.95. The molecule has 0 radical (unpaired) electrons. The lowest BCUT2D eigenvalue weighted by Gasteiger charge is -2.15. The van der Waals surface area contributed by atoms with Crippen LogP contribution < -0.4 is 5.32 Å². The minimum absolute atomic E-state index is 0.167. The first-order valence-electron chi connectivity index (χ1n) is 9.97. The van der Waals surface area contributed by atoms with E-state index in [-0.39, 0.29) is 5.91 Å². The molecule has 2 heterocycles. The second-order valence-corrected chi connectivity index (χ2v) is 9.38. The summed E-state index contributed by atoms with van der Waals surface area (Å²) in [5.41, 5.74) is 6.05. The monoisotopic (exact) mass is 472 g/mol. The summed E-state index contributed by atoms with van der Waals surface area (Å²) in [7, 11) is 0. The zero-order valence-corrected chi connectivity index (χ0v) is 19.2. The van der Waals surface area contributed by atoms with Crippen molar-refractivity contribution in [1.29, 1.82) is 0 Å². The molecule has 0 unspecified atom stereocenters.